The van der Waals surface area contributed by atoms with Gasteiger partial charge in [0.15, 0.2) is 0 Å². The summed E-state index contributed by atoms with van der Waals surface area (Å²) in [7, 11) is 0. The van der Waals surface area contributed by atoms with Crippen LogP contribution in [0.25, 0.3) is 11.5 Å². The fourth-order valence-electron chi connectivity index (χ4n) is 4.02. The Labute approximate surface area is 201 Å². The van der Waals surface area contributed by atoms with Crippen LogP contribution < -0.4 is 4.74 Å². The van der Waals surface area contributed by atoms with Crippen molar-refractivity contribution in [1.29, 1.82) is 0 Å². The fourth-order valence-corrected chi connectivity index (χ4v) is 4.02. The molecule has 0 spiro atoms. The minimum Gasteiger partial charge on any atom is -0.487 e. The van der Waals surface area contributed by atoms with Crippen molar-refractivity contribution in [3.63, 3.8) is 0 Å². The van der Waals surface area contributed by atoms with Gasteiger partial charge in [0.25, 0.3) is 0 Å². The van der Waals surface area contributed by atoms with E-state index in [1.54, 1.807) is 20.0 Å². The molecular weight excluding hydrogens is 424 g/mol. The van der Waals surface area contributed by atoms with Gasteiger partial charge in [0.2, 0.25) is 5.89 Å². The summed E-state index contributed by atoms with van der Waals surface area (Å²) < 4.78 is 11.5. The zero-order valence-electron chi connectivity index (χ0n) is 20.4. The second-order valence-electron chi connectivity index (χ2n) is 9.67. The first-order chi connectivity index (χ1) is 16.2. The highest BCUT2D eigenvalue weighted by atomic mass is 16.5. The lowest BCUT2D eigenvalue weighted by molar-refractivity contribution is 0.0738. The number of rotatable bonds is 8. The van der Waals surface area contributed by atoms with Crippen LogP contribution >= 0.6 is 0 Å². The van der Waals surface area contributed by atoms with Crippen LogP contribution in [0.2, 0.25) is 0 Å². The Hall–Kier alpha value is -3.44. The molecule has 176 valence electrons. The number of nitrogens with zero attached hydrogens (tertiary/aromatic N) is 2. The predicted molar refractivity (Wildman–Crippen MR) is 133 cm³/mol. The van der Waals surface area contributed by atoms with E-state index in [-0.39, 0.29) is 5.41 Å². The molecule has 1 unspecified atom stereocenters. The standard InChI is InChI=1S/C29H32N2O3/c1-20(2)29(5,23-13-15-25(16-14-23)33-18-24-8-6-7-17-30-24)22-11-9-21(10-12-22)27-31-26(19-34-27)28(3,4)32/h6-17,19-20,32H,18H2,1-5H3. The molecule has 5 nitrogen and oxygen atoms in total. The van der Waals surface area contributed by atoms with Gasteiger partial charge in [-0.25, -0.2) is 4.98 Å². The van der Waals surface area contributed by atoms with Crippen molar-refractivity contribution in [2.24, 2.45) is 5.92 Å². The lowest BCUT2D eigenvalue weighted by Crippen LogP contribution is -2.30. The molecule has 0 aliphatic rings. The molecule has 0 fully saturated rings. The minimum atomic E-state index is -1.04. The summed E-state index contributed by atoms with van der Waals surface area (Å²) >= 11 is 0. The molecule has 4 rings (SSSR count). The molecule has 0 saturated carbocycles. The molecule has 1 atom stereocenters. The van der Waals surface area contributed by atoms with Crippen LogP contribution in [0.15, 0.2) is 83.6 Å². The SMILES string of the molecule is CC(C)C(C)(c1ccc(OCc2ccccn2)cc1)c1ccc(-c2nc(C(C)(C)O)co2)cc1. The summed E-state index contributed by atoms with van der Waals surface area (Å²) in [6, 6.07) is 22.5. The quantitative estimate of drug-likeness (QED) is 0.327. The third kappa shape index (κ3) is 4.90. The zero-order chi connectivity index (χ0) is 24.3. The monoisotopic (exact) mass is 456 g/mol. The molecule has 4 aromatic rings. The maximum absolute atomic E-state index is 10.2. The Kier molecular flexibility index (Phi) is 6.58. The summed E-state index contributed by atoms with van der Waals surface area (Å²) in [5.74, 6) is 1.69. The molecule has 2 aromatic carbocycles. The average Bonchev–Trinajstić information content (AvgIpc) is 3.34. The van der Waals surface area contributed by atoms with E-state index < -0.39 is 5.60 Å². The van der Waals surface area contributed by atoms with E-state index >= 15 is 0 Å². The van der Waals surface area contributed by atoms with Crippen LogP contribution in [-0.4, -0.2) is 15.1 Å². The first kappa shape index (κ1) is 23.7. The van der Waals surface area contributed by atoms with Crippen LogP contribution in [0.4, 0.5) is 0 Å². The Morgan fingerprint density at radius 3 is 2.09 bits per heavy atom. The van der Waals surface area contributed by atoms with Gasteiger partial charge in [0, 0.05) is 17.2 Å². The molecule has 2 heterocycles. The molecule has 0 aliphatic heterocycles. The van der Waals surface area contributed by atoms with E-state index in [0.29, 0.717) is 24.1 Å². The topological polar surface area (TPSA) is 68.4 Å². The summed E-state index contributed by atoms with van der Waals surface area (Å²) in [6.45, 7) is 10.6. The molecule has 0 amide bonds. The Morgan fingerprint density at radius 1 is 0.912 bits per heavy atom. The summed E-state index contributed by atoms with van der Waals surface area (Å²) in [4.78, 5) is 8.76. The van der Waals surface area contributed by atoms with Crippen molar-refractivity contribution in [1.82, 2.24) is 9.97 Å². The number of ether oxygens (including phenoxy) is 1. The first-order valence-corrected chi connectivity index (χ1v) is 11.6. The smallest absolute Gasteiger partial charge is 0.226 e. The van der Waals surface area contributed by atoms with Crippen molar-refractivity contribution in [2.45, 2.75) is 52.2 Å². The van der Waals surface area contributed by atoms with Crippen molar-refractivity contribution < 1.29 is 14.3 Å². The highest BCUT2D eigenvalue weighted by Gasteiger charge is 2.32. The molecule has 0 radical (unpaired) electrons. The van der Waals surface area contributed by atoms with Gasteiger partial charge in [-0.15, -0.1) is 0 Å². The Morgan fingerprint density at radius 2 is 1.56 bits per heavy atom. The van der Waals surface area contributed by atoms with Crippen LogP contribution in [0.3, 0.4) is 0 Å². The van der Waals surface area contributed by atoms with Gasteiger partial charge >= 0.3 is 0 Å². The lowest BCUT2D eigenvalue weighted by atomic mass is 9.68. The highest BCUT2D eigenvalue weighted by molar-refractivity contribution is 5.55. The van der Waals surface area contributed by atoms with E-state index in [1.165, 1.54) is 17.4 Å². The molecule has 2 aromatic heterocycles. The van der Waals surface area contributed by atoms with E-state index in [9.17, 15) is 5.11 Å². The maximum atomic E-state index is 10.2. The van der Waals surface area contributed by atoms with Gasteiger partial charge in [-0.05, 0) is 67.3 Å². The third-order valence-electron chi connectivity index (χ3n) is 6.58. The van der Waals surface area contributed by atoms with E-state index in [1.807, 2.05) is 42.5 Å². The number of hydrogen-bond donors (Lipinski definition) is 1. The van der Waals surface area contributed by atoms with E-state index in [4.69, 9.17) is 9.15 Å². The van der Waals surface area contributed by atoms with Crippen LogP contribution in [0, 0.1) is 5.92 Å². The van der Waals surface area contributed by atoms with Gasteiger partial charge < -0.3 is 14.3 Å². The van der Waals surface area contributed by atoms with Gasteiger partial charge in [-0.1, -0.05) is 51.1 Å². The summed E-state index contributed by atoms with van der Waals surface area (Å²) in [6.07, 6.45) is 3.29. The maximum Gasteiger partial charge on any atom is 0.226 e. The molecule has 0 bridgehead atoms. The van der Waals surface area contributed by atoms with Gasteiger partial charge in [0.05, 0.1) is 5.69 Å². The second-order valence-corrected chi connectivity index (χ2v) is 9.67. The highest BCUT2D eigenvalue weighted by Crippen LogP contribution is 2.40. The number of benzene rings is 2. The van der Waals surface area contributed by atoms with Gasteiger partial charge in [0.1, 0.15) is 29.9 Å². The normalized spacial score (nSPS) is 13.6. The number of hydrogen-bond acceptors (Lipinski definition) is 5. The van der Waals surface area contributed by atoms with E-state index in [2.05, 4.69) is 55.0 Å². The first-order valence-electron chi connectivity index (χ1n) is 11.6. The molecule has 1 N–H and O–H groups in total. The van der Waals surface area contributed by atoms with Crippen LogP contribution in [-0.2, 0) is 17.6 Å². The largest absolute Gasteiger partial charge is 0.487 e. The lowest BCUT2D eigenvalue weighted by Gasteiger charge is -2.35. The number of aliphatic hydroxyl groups is 1. The number of oxazole rings is 1. The van der Waals surface area contributed by atoms with Crippen LogP contribution in [0.1, 0.15) is 57.1 Å². The summed E-state index contributed by atoms with van der Waals surface area (Å²) in [5, 5.41) is 10.2. The van der Waals surface area contributed by atoms with Crippen molar-refractivity contribution in [3.8, 4) is 17.2 Å². The Bertz CT molecular complexity index is 1210. The molecule has 0 saturated heterocycles. The second kappa shape index (κ2) is 9.43. The van der Waals surface area contributed by atoms with Crippen LogP contribution in [0.5, 0.6) is 5.75 Å². The van der Waals surface area contributed by atoms with Crippen molar-refractivity contribution in [2.75, 3.05) is 0 Å². The van der Waals surface area contributed by atoms with Crippen molar-refractivity contribution in [3.05, 3.63) is 102 Å². The fraction of sp³-hybridized carbons (Fsp3) is 0.310. The molecular formula is C29H32N2O3. The molecule has 5 heteroatoms. The number of pyridine rings is 1. The summed E-state index contributed by atoms with van der Waals surface area (Å²) in [5.41, 5.74) is 3.51. The molecule has 34 heavy (non-hydrogen) atoms. The van der Waals surface area contributed by atoms with Crippen molar-refractivity contribution >= 4 is 0 Å². The van der Waals surface area contributed by atoms with Gasteiger partial charge in [-0.2, -0.15) is 0 Å². The minimum absolute atomic E-state index is 0.188. The van der Waals surface area contributed by atoms with E-state index in [0.717, 1.165) is 17.0 Å². The number of aromatic nitrogens is 2. The Balaban J connectivity index is 1.55. The zero-order valence-corrected chi connectivity index (χ0v) is 20.4. The predicted octanol–water partition coefficient (Wildman–Crippen LogP) is 6.51. The third-order valence-corrected chi connectivity index (χ3v) is 6.58. The average molecular weight is 457 g/mol. The van der Waals surface area contributed by atoms with Gasteiger partial charge in [-0.3, -0.25) is 4.98 Å². The molecule has 0 aliphatic carbocycles.